The van der Waals surface area contributed by atoms with Crippen molar-refractivity contribution >= 4 is 5.91 Å². The normalized spacial score (nSPS) is 30.6. The van der Waals surface area contributed by atoms with E-state index in [1.165, 1.54) is 38.5 Å². The van der Waals surface area contributed by atoms with E-state index in [9.17, 15) is 4.79 Å². The second-order valence-corrected chi connectivity index (χ2v) is 6.18. The third-order valence-corrected chi connectivity index (χ3v) is 5.29. The van der Waals surface area contributed by atoms with Gasteiger partial charge in [-0.2, -0.15) is 0 Å². The van der Waals surface area contributed by atoms with Gasteiger partial charge in [0.25, 0.3) is 0 Å². The molecule has 3 rings (SSSR count). The minimum absolute atomic E-state index is 0.160. The zero-order valence-electron chi connectivity index (χ0n) is 10.9. The summed E-state index contributed by atoms with van der Waals surface area (Å²) in [5.74, 6) is 1.15. The van der Waals surface area contributed by atoms with Crippen LogP contribution in [0.15, 0.2) is 0 Å². The molecular weight excluding hydrogens is 212 g/mol. The lowest BCUT2D eigenvalue weighted by Gasteiger charge is -2.30. The fourth-order valence-electron chi connectivity index (χ4n) is 4.05. The van der Waals surface area contributed by atoms with Gasteiger partial charge in [-0.3, -0.25) is 10.1 Å². The topological polar surface area (TPSA) is 32.3 Å². The minimum atomic E-state index is -0.160. The molecule has 1 spiro atoms. The highest BCUT2D eigenvalue weighted by Crippen LogP contribution is 2.37. The molecule has 1 unspecified atom stereocenters. The quantitative estimate of drug-likeness (QED) is 0.797. The monoisotopic (exact) mass is 236 g/mol. The summed E-state index contributed by atoms with van der Waals surface area (Å²) in [5, 5.41) is 3.51. The van der Waals surface area contributed by atoms with Gasteiger partial charge in [0.05, 0.1) is 12.2 Å². The van der Waals surface area contributed by atoms with Gasteiger partial charge in [0.1, 0.15) is 0 Å². The molecule has 17 heavy (non-hydrogen) atoms. The average molecular weight is 236 g/mol. The van der Waals surface area contributed by atoms with Crippen LogP contribution in [-0.2, 0) is 4.79 Å². The van der Waals surface area contributed by atoms with Gasteiger partial charge in [0.15, 0.2) is 0 Å². The Hall–Kier alpha value is -0.570. The Labute approximate surface area is 104 Å². The van der Waals surface area contributed by atoms with Gasteiger partial charge < -0.3 is 4.90 Å². The van der Waals surface area contributed by atoms with E-state index in [0.717, 1.165) is 25.4 Å². The molecule has 3 heteroatoms. The van der Waals surface area contributed by atoms with Crippen molar-refractivity contribution in [3.8, 4) is 0 Å². The Balaban J connectivity index is 1.70. The Morgan fingerprint density at radius 3 is 2.53 bits per heavy atom. The summed E-state index contributed by atoms with van der Waals surface area (Å²) in [5.41, 5.74) is -0.160. The second-order valence-electron chi connectivity index (χ2n) is 6.18. The van der Waals surface area contributed by atoms with Crippen LogP contribution in [0.1, 0.15) is 58.3 Å². The van der Waals surface area contributed by atoms with E-state index in [1.807, 2.05) is 0 Å². The molecule has 1 aliphatic heterocycles. The molecule has 1 saturated heterocycles. The number of nitrogens with one attached hydrogen (secondary N) is 1. The molecule has 2 aliphatic carbocycles. The summed E-state index contributed by atoms with van der Waals surface area (Å²) in [6.07, 6.45) is 9.88. The summed E-state index contributed by atoms with van der Waals surface area (Å²) in [6, 6.07) is 0.442. The number of amides is 1. The number of nitrogens with zero attached hydrogens (tertiary/aromatic N) is 1. The van der Waals surface area contributed by atoms with Gasteiger partial charge in [-0.25, -0.2) is 0 Å². The Bertz CT molecular complexity index is 303. The molecule has 3 fully saturated rings. The zero-order chi connectivity index (χ0) is 11.9. The Kier molecular flexibility index (Phi) is 2.89. The van der Waals surface area contributed by atoms with Crippen molar-refractivity contribution in [3.63, 3.8) is 0 Å². The van der Waals surface area contributed by atoms with E-state index in [2.05, 4.69) is 17.1 Å². The van der Waals surface area contributed by atoms with Crippen molar-refractivity contribution in [2.75, 3.05) is 6.67 Å². The molecular formula is C14H24N2O. The maximum atomic E-state index is 12.6. The largest absolute Gasteiger partial charge is 0.325 e. The van der Waals surface area contributed by atoms with Crippen LogP contribution < -0.4 is 5.32 Å². The number of carbonyl (C=O) groups is 1. The van der Waals surface area contributed by atoms with Gasteiger partial charge in [-0.05, 0) is 38.5 Å². The first kappa shape index (κ1) is 11.5. The molecule has 2 saturated carbocycles. The first-order chi connectivity index (χ1) is 8.23. The van der Waals surface area contributed by atoms with Crippen molar-refractivity contribution in [3.05, 3.63) is 0 Å². The van der Waals surface area contributed by atoms with E-state index in [0.29, 0.717) is 11.9 Å². The van der Waals surface area contributed by atoms with Crippen molar-refractivity contribution < 1.29 is 4.79 Å². The van der Waals surface area contributed by atoms with Gasteiger partial charge in [0.2, 0.25) is 5.91 Å². The van der Waals surface area contributed by atoms with Gasteiger partial charge in [0, 0.05) is 6.04 Å². The summed E-state index contributed by atoms with van der Waals surface area (Å²) < 4.78 is 0. The highest BCUT2D eigenvalue weighted by atomic mass is 16.2. The molecule has 0 radical (unpaired) electrons. The van der Waals surface area contributed by atoms with Crippen LogP contribution in [0, 0.1) is 5.92 Å². The first-order valence-corrected chi connectivity index (χ1v) is 7.29. The van der Waals surface area contributed by atoms with Crippen LogP contribution in [-0.4, -0.2) is 29.1 Å². The second kappa shape index (κ2) is 4.27. The lowest BCUT2D eigenvalue weighted by molar-refractivity contribution is -0.134. The summed E-state index contributed by atoms with van der Waals surface area (Å²) >= 11 is 0. The highest BCUT2D eigenvalue weighted by Gasteiger charge is 2.49. The average Bonchev–Trinajstić information content (AvgIpc) is 3.05. The Morgan fingerprint density at radius 1 is 1.24 bits per heavy atom. The molecule has 3 nitrogen and oxygen atoms in total. The molecule has 1 amide bonds. The van der Waals surface area contributed by atoms with Crippen LogP contribution in [0.2, 0.25) is 0 Å². The van der Waals surface area contributed by atoms with Crippen LogP contribution in [0.25, 0.3) is 0 Å². The standard InChI is InChI=1S/C14H24N2O/c1-11(12-6-2-3-7-12)16-10-15-14(13(16)17)8-4-5-9-14/h11-12,15H,2-10H2,1H3. The first-order valence-electron chi connectivity index (χ1n) is 7.29. The molecule has 0 aromatic heterocycles. The van der Waals surface area contributed by atoms with Crippen molar-refractivity contribution in [2.45, 2.75) is 69.9 Å². The smallest absolute Gasteiger partial charge is 0.244 e. The number of hydrogen-bond donors (Lipinski definition) is 1. The molecule has 1 heterocycles. The predicted octanol–water partition coefficient (Wildman–Crippen LogP) is 2.27. The van der Waals surface area contributed by atoms with Gasteiger partial charge in [-0.15, -0.1) is 0 Å². The Morgan fingerprint density at radius 2 is 1.88 bits per heavy atom. The third-order valence-electron chi connectivity index (χ3n) is 5.29. The van der Waals surface area contributed by atoms with E-state index < -0.39 is 0 Å². The fraction of sp³-hybridized carbons (Fsp3) is 0.929. The van der Waals surface area contributed by atoms with E-state index in [-0.39, 0.29) is 5.54 Å². The number of hydrogen-bond acceptors (Lipinski definition) is 2. The van der Waals surface area contributed by atoms with Crippen molar-refractivity contribution in [1.29, 1.82) is 0 Å². The number of rotatable bonds is 2. The zero-order valence-corrected chi connectivity index (χ0v) is 10.9. The molecule has 1 N–H and O–H groups in total. The lowest BCUT2D eigenvalue weighted by atomic mass is 9.94. The van der Waals surface area contributed by atoms with Crippen LogP contribution in [0.4, 0.5) is 0 Å². The van der Waals surface area contributed by atoms with E-state index in [1.54, 1.807) is 0 Å². The van der Waals surface area contributed by atoms with Crippen molar-refractivity contribution in [2.24, 2.45) is 5.92 Å². The van der Waals surface area contributed by atoms with E-state index in [4.69, 9.17) is 0 Å². The summed E-state index contributed by atoms with van der Waals surface area (Å²) in [6.45, 7) is 3.04. The van der Waals surface area contributed by atoms with Crippen molar-refractivity contribution in [1.82, 2.24) is 10.2 Å². The fourth-order valence-corrected chi connectivity index (χ4v) is 4.05. The van der Waals surface area contributed by atoms with Crippen LogP contribution >= 0.6 is 0 Å². The molecule has 1 atom stereocenters. The molecule has 0 bridgehead atoms. The highest BCUT2D eigenvalue weighted by molar-refractivity contribution is 5.88. The maximum Gasteiger partial charge on any atom is 0.244 e. The van der Waals surface area contributed by atoms with Crippen LogP contribution in [0.5, 0.6) is 0 Å². The molecule has 0 aromatic carbocycles. The predicted molar refractivity (Wildman–Crippen MR) is 67.5 cm³/mol. The summed E-state index contributed by atoms with van der Waals surface area (Å²) in [4.78, 5) is 14.7. The summed E-state index contributed by atoms with van der Waals surface area (Å²) in [7, 11) is 0. The van der Waals surface area contributed by atoms with Gasteiger partial charge >= 0.3 is 0 Å². The molecule has 96 valence electrons. The molecule has 3 aliphatic rings. The molecule has 0 aromatic rings. The SMILES string of the molecule is CC(C1CCCC1)N1CNC2(CCCC2)C1=O. The third kappa shape index (κ3) is 1.79. The number of carbonyl (C=O) groups excluding carboxylic acids is 1. The van der Waals surface area contributed by atoms with E-state index >= 15 is 0 Å². The minimum Gasteiger partial charge on any atom is -0.325 e. The van der Waals surface area contributed by atoms with Gasteiger partial charge in [-0.1, -0.05) is 25.7 Å². The van der Waals surface area contributed by atoms with Crippen LogP contribution in [0.3, 0.4) is 0 Å². The maximum absolute atomic E-state index is 12.6. The lowest BCUT2D eigenvalue weighted by Crippen LogP contribution is -2.46.